The lowest BCUT2D eigenvalue weighted by Gasteiger charge is -2.02. The molecule has 0 amide bonds. The first-order chi connectivity index (χ1) is 14.0. The molecule has 2 rings (SSSR count). The van der Waals surface area contributed by atoms with E-state index in [-0.39, 0.29) is 0 Å². The Labute approximate surface area is 181 Å². The zero-order valence-electron chi connectivity index (χ0n) is 20.2. The van der Waals surface area contributed by atoms with Crippen LogP contribution in [0, 0.1) is 6.92 Å². The molecule has 0 aliphatic heterocycles. The normalized spacial score (nSPS) is 8.76. The highest BCUT2D eigenvalue weighted by Gasteiger charge is 2.09. The second-order valence-corrected chi connectivity index (χ2v) is 6.25. The van der Waals surface area contributed by atoms with Gasteiger partial charge in [0.15, 0.2) is 0 Å². The monoisotopic (exact) mass is 424 g/mol. The van der Waals surface area contributed by atoms with E-state index in [1.165, 1.54) is 5.56 Å². The van der Waals surface area contributed by atoms with Crippen LogP contribution in [-0.4, -0.2) is 28.2 Å². The van der Waals surface area contributed by atoms with Crippen molar-refractivity contribution in [2.24, 2.45) is 4.99 Å². The molecule has 0 radical (unpaired) electrons. The number of sulfonamides is 1. The third kappa shape index (κ3) is 24.0. The summed E-state index contributed by atoms with van der Waals surface area (Å²) in [7, 11) is -1.51. The number of nitrogens with zero attached hydrogens (tertiary/aromatic N) is 1. The summed E-state index contributed by atoms with van der Waals surface area (Å²) in [5.74, 6) is 0. The number of nitrogens with one attached hydrogen (secondary N) is 1. The van der Waals surface area contributed by atoms with E-state index >= 15 is 0 Å². The van der Waals surface area contributed by atoms with Gasteiger partial charge in [-0.25, -0.2) is 13.1 Å². The van der Waals surface area contributed by atoms with Crippen LogP contribution in [0.1, 0.15) is 61.0 Å². The largest absolute Gasteiger partial charge is 0.301 e. The summed E-state index contributed by atoms with van der Waals surface area (Å²) in [5.41, 5.74) is 1.32. The van der Waals surface area contributed by atoms with Gasteiger partial charge in [0.05, 0.1) is 4.90 Å². The SMILES string of the molecule is CC.CC.CC.CC=NC.CCNS(=O)(=O)c1ccccc1.Cc1ccccc1. The van der Waals surface area contributed by atoms with Crippen molar-refractivity contribution in [3.8, 4) is 0 Å². The van der Waals surface area contributed by atoms with Crippen molar-refractivity contribution in [2.45, 2.75) is 67.2 Å². The maximum atomic E-state index is 11.3. The van der Waals surface area contributed by atoms with Crippen LogP contribution in [0.15, 0.2) is 70.6 Å². The van der Waals surface area contributed by atoms with Gasteiger partial charge in [-0.3, -0.25) is 0 Å². The molecule has 5 heteroatoms. The van der Waals surface area contributed by atoms with E-state index < -0.39 is 10.0 Å². The molecule has 29 heavy (non-hydrogen) atoms. The van der Waals surface area contributed by atoms with Crippen LogP contribution in [0.4, 0.5) is 0 Å². The van der Waals surface area contributed by atoms with Crippen LogP contribution in [0.25, 0.3) is 0 Å². The Bertz CT molecular complexity index is 637. The fraction of sp³-hybridized carbons (Fsp3) is 0.458. The highest BCUT2D eigenvalue weighted by atomic mass is 32.2. The van der Waals surface area contributed by atoms with Crippen LogP contribution in [0.2, 0.25) is 0 Å². The van der Waals surface area contributed by atoms with Crippen LogP contribution < -0.4 is 4.72 Å². The van der Waals surface area contributed by atoms with E-state index in [1.807, 2.05) is 66.7 Å². The number of hydrogen-bond donors (Lipinski definition) is 1. The molecule has 0 unspecified atom stereocenters. The molecule has 0 heterocycles. The Hall–Kier alpha value is -1.98. The number of rotatable bonds is 3. The second kappa shape index (κ2) is 28.2. The highest BCUT2D eigenvalue weighted by molar-refractivity contribution is 7.89. The second-order valence-electron chi connectivity index (χ2n) is 4.49. The summed E-state index contributed by atoms with van der Waals surface area (Å²) in [6, 6.07) is 18.6. The molecule has 2 aromatic carbocycles. The smallest absolute Gasteiger partial charge is 0.240 e. The Kier molecular flexibility index (Phi) is 33.6. The summed E-state index contributed by atoms with van der Waals surface area (Å²) >= 11 is 0. The first-order valence-electron chi connectivity index (χ1n) is 10.4. The van der Waals surface area contributed by atoms with Gasteiger partial charge in [0, 0.05) is 13.6 Å². The number of hydrogen-bond acceptors (Lipinski definition) is 3. The van der Waals surface area contributed by atoms with Crippen LogP contribution in [0.3, 0.4) is 0 Å². The number of benzene rings is 2. The lowest BCUT2D eigenvalue weighted by atomic mass is 10.2. The minimum atomic E-state index is -3.26. The van der Waals surface area contributed by atoms with Gasteiger partial charge in [0.1, 0.15) is 0 Å². The molecule has 0 fully saturated rings. The molecular formula is C24H44N2O2S. The summed E-state index contributed by atoms with van der Waals surface area (Å²) < 4.78 is 25.1. The first-order valence-corrected chi connectivity index (χ1v) is 11.9. The maximum absolute atomic E-state index is 11.3. The highest BCUT2D eigenvalue weighted by Crippen LogP contribution is 2.05. The quantitative estimate of drug-likeness (QED) is 0.553. The van der Waals surface area contributed by atoms with E-state index in [9.17, 15) is 8.42 Å². The van der Waals surface area contributed by atoms with E-state index in [1.54, 1.807) is 50.5 Å². The summed E-state index contributed by atoms with van der Waals surface area (Å²) in [6.07, 6.45) is 1.75. The van der Waals surface area contributed by atoms with E-state index in [2.05, 4.69) is 28.8 Å². The molecule has 2 aromatic rings. The third-order valence-corrected chi connectivity index (χ3v) is 4.15. The summed E-state index contributed by atoms with van der Waals surface area (Å²) in [6.45, 7) is 18.1. The van der Waals surface area contributed by atoms with Crippen molar-refractivity contribution in [1.29, 1.82) is 0 Å². The molecule has 0 saturated carbocycles. The van der Waals surface area contributed by atoms with Crippen LogP contribution in [-0.2, 0) is 10.0 Å². The van der Waals surface area contributed by atoms with Crippen molar-refractivity contribution in [3.63, 3.8) is 0 Å². The third-order valence-electron chi connectivity index (χ3n) is 2.59. The van der Waals surface area contributed by atoms with Crippen LogP contribution >= 0.6 is 0 Å². The standard InChI is InChI=1S/C8H11NO2S.C7H8.C3H7N.3C2H6/c1-2-9-12(10,11)8-6-4-3-5-7-8;1-7-5-3-2-4-6-7;1-3-4-2;3*1-2/h3-7,9H,2H2,1H3;2-6H,1H3;3H,1-2H3;3*1-2H3. The van der Waals surface area contributed by atoms with Gasteiger partial charge < -0.3 is 4.99 Å². The van der Waals surface area contributed by atoms with Gasteiger partial charge in [-0.05, 0) is 32.2 Å². The minimum Gasteiger partial charge on any atom is -0.301 e. The minimum absolute atomic E-state index is 0.312. The first kappa shape index (κ1) is 34.5. The fourth-order valence-corrected chi connectivity index (χ4v) is 2.47. The molecule has 0 atom stereocenters. The predicted octanol–water partition coefficient (Wildman–Crippen LogP) is 6.77. The van der Waals surface area contributed by atoms with Crippen molar-refractivity contribution in [1.82, 2.24) is 4.72 Å². The van der Waals surface area contributed by atoms with Gasteiger partial charge in [0.2, 0.25) is 10.0 Å². The van der Waals surface area contributed by atoms with Gasteiger partial charge >= 0.3 is 0 Å². The van der Waals surface area contributed by atoms with Gasteiger partial charge in [0.25, 0.3) is 0 Å². The molecule has 4 nitrogen and oxygen atoms in total. The lowest BCUT2D eigenvalue weighted by Crippen LogP contribution is -2.22. The fourth-order valence-electron chi connectivity index (χ4n) is 1.41. The zero-order valence-corrected chi connectivity index (χ0v) is 21.0. The Morgan fingerprint density at radius 2 is 1.17 bits per heavy atom. The van der Waals surface area contributed by atoms with Crippen molar-refractivity contribution in [2.75, 3.05) is 13.6 Å². The lowest BCUT2D eigenvalue weighted by molar-refractivity contribution is 0.584. The summed E-state index contributed by atoms with van der Waals surface area (Å²) in [4.78, 5) is 3.92. The van der Waals surface area contributed by atoms with E-state index in [4.69, 9.17) is 0 Å². The Morgan fingerprint density at radius 3 is 1.41 bits per heavy atom. The average Bonchev–Trinajstić information content (AvgIpc) is 2.80. The van der Waals surface area contributed by atoms with Gasteiger partial charge in [-0.2, -0.15) is 0 Å². The molecular weight excluding hydrogens is 380 g/mol. The van der Waals surface area contributed by atoms with E-state index in [0.29, 0.717) is 11.4 Å². The number of aryl methyl sites for hydroxylation is 1. The Morgan fingerprint density at radius 1 is 0.828 bits per heavy atom. The topological polar surface area (TPSA) is 58.5 Å². The molecule has 0 aromatic heterocycles. The van der Waals surface area contributed by atoms with Crippen molar-refractivity contribution in [3.05, 3.63) is 66.2 Å². The van der Waals surface area contributed by atoms with Gasteiger partial charge in [-0.1, -0.05) is 103 Å². The Balaban J connectivity index is -0.000000157. The maximum Gasteiger partial charge on any atom is 0.240 e. The van der Waals surface area contributed by atoms with Gasteiger partial charge in [-0.15, -0.1) is 0 Å². The van der Waals surface area contributed by atoms with E-state index in [0.717, 1.165) is 0 Å². The molecule has 168 valence electrons. The molecule has 0 spiro atoms. The molecule has 0 saturated heterocycles. The van der Waals surface area contributed by atoms with Crippen molar-refractivity contribution >= 4 is 16.2 Å². The zero-order chi connectivity index (χ0) is 23.6. The van der Waals surface area contributed by atoms with Crippen LogP contribution in [0.5, 0.6) is 0 Å². The molecule has 1 N–H and O–H groups in total. The molecule has 0 aliphatic carbocycles. The number of aliphatic imine (C=N–C) groups is 1. The molecule has 0 aliphatic rings. The van der Waals surface area contributed by atoms with Crippen molar-refractivity contribution < 1.29 is 8.42 Å². The predicted molar refractivity (Wildman–Crippen MR) is 133 cm³/mol. The molecule has 0 bridgehead atoms. The average molecular weight is 425 g/mol. The summed E-state index contributed by atoms with van der Waals surface area (Å²) in [5, 5.41) is 0.